The third-order valence-electron chi connectivity index (χ3n) is 4.70. The zero-order chi connectivity index (χ0) is 17.6. The Morgan fingerprint density at radius 2 is 1.68 bits per heavy atom. The summed E-state index contributed by atoms with van der Waals surface area (Å²) in [5.41, 5.74) is 7.97. The number of primary amides is 1. The first-order valence-electron chi connectivity index (χ1n) is 8.68. The first kappa shape index (κ1) is 17.6. The maximum absolute atomic E-state index is 11.3. The summed E-state index contributed by atoms with van der Waals surface area (Å²) < 4.78 is 0. The highest BCUT2D eigenvalue weighted by atomic mass is 16.3. The van der Waals surface area contributed by atoms with Crippen molar-refractivity contribution in [1.82, 2.24) is 9.80 Å². The van der Waals surface area contributed by atoms with E-state index in [-0.39, 0.29) is 5.91 Å². The number of aliphatic hydroxyl groups excluding tert-OH is 1. The number of amides is 1. The molecule has 5 heteroatoms. The summed E-state index contributed by atoms with van der Waals surface area (Å²) in [4.78, 5) is 16.0. The van der Waals surface area contributed by atoms with Crippen LogP contribution in [0.2, 0.25) is 0 Å². The number of benzene rings is 2. The smallest absolute Gasteiger partial charge is 0.248 e. The van der Waals surface area contributed by atoms with E-state index in [2.05, 4.69) is 9.80 Å². The Hall–Kier alpha value is -2.21. The molecule has 132 valence electrons. The summed E-state index contributed by atoms with van der Waals surface area (Å²) >= 11 is 0. The van der Waals surface area contributed by atoms with Gasteiger partial charge in [-0.25, -0.2) is 0 Å². The monoisotopic (exact) mass is 339 g/mol. The molecule has 1 aliphatic heterocycles. The van der Waals surface area contributed by atoms with Gasteiger partial charge in [0.25, 0.3) is 0 Å². The van der Waals surface area contributed by atoms with Gasteiger partial charge in [0, 0.05) is 44.8 Å². The average Bonchev–Trinajstić information content (AvgIpc) is 2.64. The van der Waals surface area contributed by atoms with Crippen LogP contribution in [0, 0.1) is 0 Å². The van der Waals surface area contributed by atoms with E-state index in [1.165, 1.54) is 0 Å². The van der Waals surface area contributed by atoms with Crippen molar-refractivity contribution < 1.29 is 9.90 Å². The fourth-order valence-electron chi connectivity index (χ4n) is 3.24. The van der Waals surface area contributed by atoms with Crippen molar-refractivity contribution in [2.24, 2.45) is 5.73 Å². The number of carbonyl (C=O) groups excluding carboxylic acids is 1. The Morgan fingerprint density at radius 3 is 2.36 bits per heavy atom. The molecule has 0 aromatic heterocycles. The second-order valence-electron chi connectivity index (χ2n) is 6.57. The summed E-state index contributed by atoms with van der Waals surface area (Å²) in [7, 11) is 0. The van der Waals surface area contributed by atoms with Crippen LogP contribution in [-0.2, 0) is 6.54 Å². The summed E-state index contributed by atoms with van der Waals surface area (Å²) in [6.07, 6.45) is -0.444. The molecule has 2 aromatic carbocycles. The summed E-state index contributed by atoms with van der Waals surface area (Å²) in [5.74, 6) is -0.387. The van der Waals surface area contributed by atoms with E-state index in [9.17, 15) is 9.90 Å². The maximum Gasteiger partial charge on any atom is 0.248 e. The minimum atomic E-state index is -0.444. The molecule has 1 aliphatic rings. The predicted octanol–water partition coefficient (Wildman–Crippen LogP) is 1.64. The first-order chi connectivity index (χ1) is 12.1. The van der Waals surface area contributed by atoms with Crippen molar-refractivity contribution >= 4 is 5.91 Å². The van der Waals surface area contributed by atoms with Gasteiger partial charge in [-0.2, -0.15) is 0 Å². The Morgan fingerprint density at radius 1 is 1.00 bits per heavy atom. The van der Waals surface area contributed by atoms with Gasteiger partial charge in [0.05, 0.1) is 6.10 Å². The molecule has 3 rings (SSSR count). The van der Waals surface area contributed by atoms with Gasteiger partial charge in [0.15, 0.2) is 0 Å². The lowest BCUT2D eigenvalue weighted by Crippen LogP contribution is -2.47. The SMILES string of the molecule is NC(=O)c1cccc(CN2CCN(C[C@@H](O)c3ccccc3)CC2)c1. The van der Waals surface area contributed by atoms with Gasteiger partial charge in [0.2, 0.25) is 5.91 Å². The van der Waals surface area contributed by atoms with Crippen LogP contribution < -0.4 is 5.73 Å². The number of rotatable bonds is 6. The van der Waals surface area contributed by atoms with Crippen molar-refractivity contribution in [1.29, 1.82) is 0 Å². The molecule has 0 radical (unpaired) electrons. The average molecular weight is 339 g/mol. The highest BCUT2D eigenvalue weighted by Gasteiger charge is 2.20. The van der Waals surface area contributed by atoms with Gasteiger partial charge >= 0.3 is 0 Å². The molecular formula is C20H25N3O2. The van der Waals surface area contributed by atoms with E-state index in [4.69, 9.17) is 5.73 Å². The Balaban J connectivity index is 1.49. The van der Waals surface area contributed by atoms with Crippen molar-refractivity contribution in [3.05, 3.63) is 71.3 Å². The summed E-state index contributed by atoms with van der Waals surface area (Å²) in [6, 6.07) is 17.3. The molecule has 1 fully saturated rings. The van der Waals surface area contributed by atoms with Crippen LogP contribution in [0.1, 0.15) is 27.6 Å². The van der Waals surface area contributed by atoms with E-state index < -0.39 is 6.10 Å². The molecule has 3 N–H and O–H groups in total. The zero-order valence-corrected chi connectivity index (χ0v) is 14.3. The number of nitrogens with zero attached hydrogens (tertiary/aromatic N) is 2. The van der Waals surface area contributed by atoms with Crippen LogP contribution in [0.4, 0.5) is 0 Å². The highest BCUT2D eigenvalue weighted by molar-refractivity contribution is 5.92. The maximum atomic E-state index is 11.3. The van der Waals surface area contributed by atoms with E-state index >= 15 is 0 Å². The van der Waals surface area contributed by atoms with Crippen LogP contribution in [0.5, 0.6) is 0 Å². The Kier molecular flexibility index (Phi) is 5.81. The van der Waals surface area contributed by atoms with E-state index in [1.807, 2.05) is 48.5 Å². The molecule has 25 heavy (non-hydrogen) atoms. The molecule has 0 unspecified atom stereocenters. The molecule has 5 nitrogen and oxygen atoms in total. The largest absolute Gasteiger partial charge is 0.387 e. The van der Waals surface area contributed by atoms with Crippen molar-refractivity contribution in [2.45, 2.75) is 12.6 Å². The van der Waals surface area contributed by atoms with Crippen LogP contribution >= 0.6 is 0 Å². The normalized spacial score (nSPS) is 17.3. The van der Waals surface area contributed by atoms with Gasteiger partial charge in [-0.05, 0) is 23.3 Å². The Bertz CT molecular complexity index is 697. The quantitative estimate of drug-likeness (QED) is 0.839. The number of hydrogen-bond acceptors (Lipinski definition) is 4. The Labute approximate surface area is 148 Å². The van der Waals surface area contributed by atoms with Gasteiger partial charge < -0.3 is 10.8 Å². The minimum Gasteiger partial charge on any atom is -0.387 e. The standard InChI is InChI=1S/C20H25N3O2/c21-20(25)18-8-4-5-16(13-18)14-22-9-11-23(12-10-22)15-19(24)17-6-2-1-3-7-17/h1-8,13,19,24H,9-12,14-15H2,(H2,21,25)/t19-/m1/s1. The second kappa shape index (κ2) is 8.25. The number of hydrogen-bond donors (Lipinski definition) is 2. The highest BCUT2D eigenvalue weighted by Crippen LogP contribution is 2.16. The van der Waals surface area contributed by atoms with E-state index in [1.54, 1.807) is 6.07 Å². The molecule has 0 aliphatic carbocycles. The van der Waals surface area contributed by atoms with Crippen molar-refractivity contribution in [3.8, 4) is 0 Å². The van der Waals surface area contributed by atoms with Gasteiger partial charge in [-0.3, -0.25) is 14.6 Å². The molecular weight excluding hydrogens is 314 g/mol. The fourth-order valence-corrected chi connectivity index (χ4v) is 3.24. The zero-order valence-electron chi connectivity index (χ0n) is 14.3. The van der Waals surface area contributed by atoms with Gasteiger partial charge in [0.1, 0.15) is 0 Å². The van der Waals surface area contributed by atoms with Crippen molar-refractivity contribution in [3.63, 3.8) is 0 Å². The molecule has 2 aromatic rings. The van der Waals surface area contributed by atoms with Gasteiger partial charge in [-0.1, -0.05) is 42.5 Å². The molecule has 0 spiro atoms. The topological polar surface area (TPSA) is 69.8 Å². The van der Waals surface area contributed by atoms with E-state index in [0.29, 0.717) is 12.1 Å². The first-order valence-corrected chi connectivity index (χ1v) is 8.68. The molecule has 0 bridgehead atoms. The lowest BCUT2D eigenvalue weighted by Gasteiger charge is -2.35. The number of nitrogens with two attached hydrogens (primary N) is 1. The molecule has 0 saturated carbocycles. The van der Waals surface area contributed by atoms with Gasteiger partial charge in [-0.15, -0.1) is 0 Å². The van der Waals surface area contributed by atoms with Crippen molar-refractivity contribution in [2.75, 3.05) is 32.7 Å². The predicted molar refractivity (Wildman–Crippen MR) is 98.1 cm³/mol. The van der Waals surface area contributed by atoms with Crippen LogP contribution in [-0.4, -0.2) is 53.5 Å². The number of carbonyl (C=O) groups is 1. The lowest BCUT2D eigenvalue weighted by molar-refractivity contribution is 0.0701. The fraction of sp³-hybridized carbons (Fsp3) is 0.350. The summed E-state index contributed by atoms with van der Waals surface area (Å²) in [6.45, 7) is 5.23. The number of aliphatic hydroxyl groups is 1. The number of β-amino-alcohol motifs (C(OH)–C–C–N with tert-alkyl or cyclic N) is 1. The number of piperazine rings is 1. The molecule has 1 saturated heterocycles. The minimum absolute atomic E-state index is 0.387. The second-order valence-corrected chi connectivity index (χ2v) is 6.57. The third kappa shape index (κ3) is 4.89. The molecule has 1 amide bonds. The molecule has 1 heterocycles. The lowest BCUT2D eigenvalue weighted by atomic mass is 10.1. The third-order valence-corrected chi connectivity index (χ3v) is 4.70. The summed E-state index contributed by atoms with van der Waals surface area (Å²) in [5, 5.41) is 10.4. The van der Waals surface area contributed by atoms with Crippen LogP contribution in [0.15, 0.2) is 54.6 Å². The molecule has 1 atom stereocenters. The van der Waals surface area contributed by atoms with Crippen LogP contribution in [0.25, 0.3) is 0 Å². The van der Waals surface area contributed by atoms with E-state index in [0.717, 1.165) is 43.9 Å². The van der Waals surface area contributed by atoms with Crippen LogP contribution in [0.3, 0.4) is 0 Å².